The molecule has 0 unspecified atom stereocenters. The number of amides is 2. The second-order valence-electron chi connectivity index (χ2n) is 4.16. The molecule has 0 bridgehead atoms. The molecule has 1 aromatic rings. The van der Waals surface area contributed by atoms with E-state index in [0.29, 0.717) is 0 Å². The van der Waals surface area contributed by atoms with E-state index in [1.807, 2.05) is 23.1 Å². The van der Waals surface area contributed by atoms with Crippen molar-refractivity contribution in [2.45, 2.75) is 19.3 Å². The Morgan fingerprint density at radius 3 is 2.56 bits per heavy atom. The van der Waals surface area contributed by atoms with Crippen LogP contribution in [-0.4, -0.2) is 30.6 Å². The highest BCUT2D eigenvalue weighted by molar-refractivity contribution is 5.74. The predicted octanol–water partition coefficient (Wildman–Crippen LogP) is 2.03. The van der Waals surface area contributed by atoms with Gasteiger partial charge in [-0.25, -0.2) is 4.79 Å². The van der Waals surface area contributed by atoms with Crippen LogP contribution in [-0.2, 0) is 6.42 Å². The molecular weight excluding hydrogens is 200 g/mol. The van der Waals surface area contributed by atoms with Crippen LogP contribution in [0.15, 0.2) is 30.3 Å². The van der Waals surface area contributed by atoms with Crippen LogP contribution in [0, 0.1) is 0 Å². The molecule has 1 heterocycles. The van der Waals surface area contributed by atoms with Gasteiger partial charge in [-0.3, -0.25) is 0 Å². The third-order valence-corrected chi connectivity index (χ3v) is 2.93. The lowest BCUT2D eigenvalue weighted by Crippen LogP contribution is -2.38. The molecule has 0 radical (unpaired) electrons. The minimum absolute atomic E-state index is 0.0911. The first-order valence-electron chi connectivity index (χ1n) is 5.93. The average Bonchev–Trinajstić information content (AvgIpc) is 2.84. The Kier molecular flexibility index (Phi) is 3.81. The molecule has 1 aliphatic rings. The Labute approximate surface area is 96.5 Å². The van der Waals surface area contributed by atoms with Crippen LogP contribution in [0.4, 0.5) is 4.79 Å². The predicted molar refractivity (Wildman–Crippen MR) is 64.4 cm³/mol. The van der Waals surface area contributed by atoms with E-state index in [0.717, 1.165) is 38.9 Å². The summed E-state index contributed by atoms with van der Waals surface area (Å²) in [7, 11) is 0. The summed E-state index contributed by atoms with van der Waals surface area (Å²) < 4.78 is 0. The first-order chi connectivity index (χ1) is 7.86. The molecule has 0 aliphatic carbocycles. The summed E-state index contributed by atoms with van der Waals surface area (Å²) >= 11 is 0. The number of urea groups is 1. The summed E-state index contributed by atoms with van der Waals surface area (Å²) in [4.78, 5) is 13.5. The fourth-order valence-corrected chi connectivity index (χ4v) is 1.99. The van der Waals surface area contributed by atoms with E-state index < -0.39 is 0 Å². The zero-order valence-corrected chi connectivity index (χ0v) is 9.48. The number of nitrogens with one attached hydrogen (secondary N) is 1. The van der Waals surface area contributed by atoms with Gasteiger partial charge in [-0.05, 0) is 24.8 Å². The number of hydrogen-bond acceptors (Lipinski definition) is 1. The van der Waals surface area contributed by atoms with Crippen LogP contribution in [0.1, 0.15) is 18.4 Å². The standard InChI is InChI=1S/C13H18N2O/c16-13(15-10-4-5-11-15)14-9-8-12-6-2-1-3-7-12/h1-3,6-7H,4-5,8-11H2,(H,14,16). The molecule has 2 amide bonds. The van der Waals surface area contributed by atoms with Crippen molar-refractivity contribution in [1.29, 1.82) is 0 Å². The number of hydrogen-bond donors (Lipinski definition) is 1. The van der Waals surface area contributed by atoms with Crippen molar-refractivity contribution in [3.63, 3.8) is 0 Å². The molecular formula is C13H18N2O. The Morgan fingerprint density at radius 1 is 1.19 bits per heavy atom. The zero-order valence-electron chi connectivity index (χ0n) is 9.48. The number of likely N-dealkylation sites (tertiary alicyclic amines) is 1. The lowest BCUT2D eigenvalue weighted by Gasteiger charge is -2.15. The summed E-state index contributed by atoms with van der Waals surface area (Å²) in [6, 6.07) is 10.3. The van der Waals surface area contributed by atoms with E-state index in [4.69, 9.17) is 0 Å². The largest absolute Gasteiger partial charge is 0.338 e. The number of carbonyl (C=O) groups excluding carboxylic acids is 1. The third kappa shape index (κ3) is 2.99. The zero-order chi connectivity index (χ0) is 11.2. The van der Waals surface area contributed by atoms with E-state index in [1.165, 1.54) is 5.56 Å². The lowest BCUT2D eigenvalue weighted by molar-refractivity contribution is 0.209. The van der Waals surface area contributed by atoms with Crippen molar-refractivity contribution < 1.29 is 4.79 Å². The highest BCUT2D eigenvalue weighted by Gasteiger charge is 2.16. The van der Waals surface area contributed by atoms with Gasteiger partial charge in [-0.2, -0.15) is 0 Å². The van der Waals surface area contributed by atoms with Gasteiger partial charge >= 0.3 is 6.03 Å². The van der Waals surface area contributed by atoms with Crippen molar-refractivity contribution in [1.82, 2.24) is 10.2 Å². The number of carbonyl (C=O) groups is 1. The van der Waals surface area contributed by atoms with Gasteiger partial charge < -0.3 is 10.2 Å². The van der Waals surface area contributed by atoms with E-state index in [-0.39, 0.29) is 6.03 Å². The molecule has 1 saturated heterocycles. The molecule has 0 aromatic heterocycles. The van der Waals surface area contributed by atoms with Gasteiger partial charge in [0.15, 0.2) is 0 Å². The van der Waals surface area contributed by atoms with Gasteiger partial charge in [0.1, 0.15) is 0 Å². The van der Waals surface area contributed by atoms with Gasteiger partial charge in [0.2, 0.25) is 0 Å². The van der Waals surface area contributed by atoms with Crippen molar-refractivity contribution in [3.8, 4) is 0 Å². The molecule has 1 aromatic carbocycles. The number of nitrogens with zero attached hydrogens (tertiary/aromatic N) is 1. The quantitative estimate of drug-likeness (QED) is 0.827. The van der Waals surface area contributed by atoms with Gasteiger partial charge in [0.05, 0.1) is 0 Å². The molecule has 0 spiro atoms. The topological polar surface area (TPSA) is 32.3 Å². The molecule has 1 fully saturated rings. The van der Waals surface area contributed by atoms with Crippen LogP contribution in [0.2, 0.25) is 0 Å². The van der Waals surface area contributed by atoms with Crippen LogP contribution >= 0.6 is 0 Å². The Balaban J connectivity index is 1.70. The lowest BCUT2D eigenvalue weighted by atomic mass is 10.1. The summed E-state index contributed by atoms with van der Waals surface area (Å²) in [5, 5.41) is 2.96. The molecule has 2 rings (SSSR count). The van der Waals surface area contributed by atoms with Crippen molar-refractivity contribution in [2.24, 2.45) is 0 Å². The Bertz CT molecular complexity index is 331. The average molecular weight is 218 g/mol. The van der Waals surface area contributed by atoms with E-state index in [1.54, 1.807) is 0 Å². The normalized spacial score (nSPS) is 15.1. The first kappa shape index (κ1) is 11.0. The van der Waals surface area contributed by atoms with E-state index in [2.05, 4.69) is 17.4 Å². The maximum Gasteiger partial charge on any atom is 0.317 e. The highest BCUT2D eigenvalue weighted by Crippen LogP contribution is 2.06. The summed E-state index contributed by atoms with van der Waals surface area (Å²) in [6.45, 7) is 2.55. The minimum Gasteiger partial charge on any atom is -0.338 e. The van der Waals surface area contributed by atoms with Crippen LogP contribution < -0.4 is 5.32 Å². The van der Waals surface area contributed by atoms with Gasteiger partial charge in [-0.15, -0.1) is 0 Å². The molecule has 3 nitrogen and oxygen atoms in total. The van der Waals surface area contributed by atoms with Crippen molar-refractivity contribution in [2.75, 3.05) is 19.6 Å². The van der Waals surface area contributed by atoms with Crippen LogP contribution in [0.3, 0.4) is 0 Å². The highest BCUT2D eigenvalue weighted by atomic mass is 16.2. The van der Waals surface area contributed by atoms with Crippen molar-refractivity contribution in [3.05, 3.63) is 35.9 Å². The fraction of sp³-hybridized carbons (Fsp3) is 0.462. The Hall–Kier alpha value is -1.51. The SMILES string of the molecule is O=C(NCCc1ccccc1)N1CCCC1. The molecule has 16 heavy (non-hydrogen) atoms. The number of benzene rings is 1. The molecule has 86 valence electrons. The summed E-state index contributed by atoms with van der Waals surface area (Å²) in [6.07, 6.45) is 3.19. The fourth-order valence-electron chi connectivity index (χ4n) is 1.99. The Morgan fingerprint density at radius 2 is 1.88 bits per heavy atom. The van der Waals surface area contributed by atoms with Crippen molar-refractivity contribution >= 4 is 6.03 Å². The second-order valence-corrected chi connectivity index (χ2v) is 4.16. The first-order valence-corrected chi connectivity index (χ1v) is 5.93. The van der Waals surface area contributed by atoms with Crippen LogP contribution in [0.25, 0.3) is 0 Å². The summed E-state index contributed by atoms with van der Waals surface area (Å²) in [5.41, 5.74) is 1.27. The molecule has 0 saturated carbocycles. The smallest absolute Gasteiger partial charge is 0.317 e. The summed E-state index contributed by atoms with van der Waals surface area (Å²) in [5.74, 6) is 0. The molecule has 1 N–H and O–H groups in total. The second kappa shape index (κ2) is 5.54. The monoisotopic (exact) mass is 218 g/mol. The third-order valence-electron chi connectivity index (χ3n) is 2.93. The maximum atomic E-state index is 11.7. The minimum atomic E-state index is 0.0911. The van der Waals surface area contributed by atoms with Gasteiger partial charge in [-0.1, -0.05) is 30.3 Å². The molecule has 1 aliphatic heterocycles. The van der Waals surface area contributed by atoms with Crippen LogP contribution in [0.5, 0.6) is 0 Å². The van der Waals surface area contributed by atoms with E-state index in [9.17, 15) is 4.79 Å². The van der Waals surface area contributed by atoms with Gasteiger partial charge in [0, 0.05) is 19.6 Å². The van der Waals surface area contributed by atoms with Gasteiger partial charge in [0.25, 0.3) is 0 Å². The van der Waals surface area contributed by atoms with E-state index >= 15 is 0 Å². The molecule has 3 heteroatoms. The number of rotatable bonds is 3. The molecule has 0 atom stereocenters. The maximum absolute atomic E-state index is 11.7.